The summed E-state index contributed by atoms with van der Waals surface area (Å²) in [5.41, 5.74) is 3.65. The summed E-state index contributed by atoms with van der Waals surface area (Å²) in [6.45, 7) is 2.80. The highest BCUT2D eigenvalue weighted by atomic mass is 16.5. The molecule has 4 rings (SSSR count). The topological polar surface area (TPSA) is 47.5 Å². The highest BCUT2D eigenvalue weighted by Gasteiger charge is 2.41. The van der Waals surface area contributed by atoms with Gasteiger partial charge in [-0.05, 0) is 31.9 Å². The van der Waals surface area contributed by atoms with Crippen LogP contribution in [0.3, 0.4) is 0 Å². The molecule has 0 radical (unpaired) electrons. The van der Waals surface area contributed by atoms with Crippen LogP contribution in [0.5, 0.6) is 11.5 Å². The molecular formula is C19H23N3O2. The van der Waals surface area contributed by atoms with E-state index in [2.05, 4.69) is 14.9 Å². The van der Waals surface area contributed by atoms with E-state index in [4.69, 9.17) is 9.47 Å². The molecule has 0 saturated carbocycles. The molecule has 2 aliphatic rings. The number of benzene rings is 1. The molecule has 0 unspecified atom stereocenters. The highest BCUT2D eigenvalue weighted by Crippen LogP contribution is 2.45. The molecular weight excluding hydrogens is 302 g/mol. The lowest BCUT2D eigenvalue weighted by Crippen LogP contribution is -2.37. The number of hydrogen-bond donors (Lipinski definition) is 0. The lowest BCUT2D eigenvalue weighted by atomic mass is 9.98. The smallest absolute Gasteiger partial charge is 0.127 e. The van der Waals surface area contributed by atoms with Gasteiger partial charge in [0.2, 0.25) is 0 Å². The van der Waals surface area contributed by atoms with E-state index in [0.29, 0.717) is 12.1 Å². The van der Waals surface area contributed by atoms with E-state index in [1.54, 1.807) is 14.2 Å². The third kappa shape index (κ3) is 2.44. The first-order valence-electron chi connectivity index (χ1n) is 8.49. The Morgan fingerprint density at radius 1 is 1.17 bits per heavy atom. The van der Waals surface area contributed by atoms with E-state index in [9.17, 15) is 0 Å². The van der Waals surface area contributed by atoms with Crippen LogP contribution in [-0.4, -0.2) is 35.1 Å². The van der Waals surface area contributed by atoms with Crippen molar-refractivity contribution < 1.29 is 9.47 Å². The maximum Gasteiger partial charge on any atom is 0.127 e. The Morgan fingerprint density at radius 2 is 1.92 bits per heavy atom. The van der Waals surface area contributed by atoms with Crippen LogP contribution >= 0.6 is 0 Å². The Bertz CT molecular complexity index is 740. The summed E-state index contributed by atoms with van der Waals surface area (Å²) in [6.07, 6.45) is 5.40. The van der Waals surface area contributed by atoms with Crippen LogP contribution in [0, 0.1) is 6.92 Å². The second-order valence-corrected chi connectivity index (χ2v) is 6.58. The molecule has 0 aliphatic carbocycles. The van der Waals surface area contributed by atoms with Crippen LogP contribution in [0.15, 0.2) is 24.4 Å². The van der Waals surface area contributed by atoms with Crippen molar-refractivity contribution >= 4 is 0 Å². The maximum absolute atomic E-state index is 5.57. The minimum atomic E-state index is 0.397. The molecule has 2 aromatic rings. The van der Waals surface area contributed by atoms with Crippen molar-refractivity contribution in [1.82, 2.24) is 14.9 Å². The van der Waals surface area contributed by atoms with Crippen LogP contribution in [-0.2, 0) is 13.0 Å². The predicted octanol–water partition coefficient (Wildman–Crippen LogP) is 3.06. The van der Waals surface area contributed by atoms with Gasteiger partial charge < -0.3 is 9.47 Å². The molecule has 3 heterocycles. The van der Waals surface area contributed by atoms with E-state index in [0.717, 1.165) is 35.9 Å². The van der Waals surface area contributed by atoms with Gasteiger partial charge in [0.15, 0.2) is 0 Å². The molecule has 2 atom stereocenters. The maximum atomic E-state index is 5.57. The summed E-state index contributed by atoms with van der Waals surface area (Å²) in [4.78, 5) is 11.7. The first kappa shape index (κ1) is 15.4. The number of nitrogens with zero attached hydrogens (tertiary/aromatic N) is 3. The highest BCUT2D eigenvalue weighted by molar-refractivity contribution is 5.45. The third-order valence-corrected chi connectivity index (χ3v) is 5.32. The fraction of sp³-hybridized carbons (Fsp3) is 0.474. The largest absolute Gasteiger partial charge is 0.496 e. The van der Waals surface area contributed by atoms with Crippen molar-refractivity contribution in [2.45, 2.75) is 44.8 Å². The quantitative estimate of drug-likeness (QED) is 0.864. The van der Waals surface area contributed by atoms with Crippen LogP contribution in [0.25, 0.3) is 0 Å². The summed E-state index contributed by atoms with van der Waals surface area (Å²) >= 11 is 0. The average Bonchev–Trinajstić information content (AvgIpc) is 2.87. The zero-order valence-corrected chi connectivity index (χ0v) is 14.5. The van der Waals surface area contributed by atoms with Gasteiger partial charge in [-0.1, -0.05) is 6.07 Å². The van der Waals surface area contributed by atoms with Gasteiger partial charge in [0.25, 0.3) is 0 Å². The van der Waals surface area contributed by atoms with E-state index < -0.39 is 0 Å². The minimum Gasteiger partial charge on any atom is -0.496 e. The fourth-order valence-electron chi connectivity index (χ4n) is 4.19. The SMILES string of the molecule is COc1cccc(OC)c1CN1[C@@H]2CC[C@H]1c1cnc(C)nc1C2. The van der Waals surface area contributed by atoms with Gasteiger partial charge in [0.1, 0.15) is 17.3 Å². The zero-order valence-electron chi connectivity index (χ0n) is 14.5. The zero-order chi connectivity index (χ0) is 16.7. The summed E-state index contributed by atoms with van der Waals surface area (Å²) in [5, 5.41) is 0. The monoisotopic (exact) mass is 325 g/mol. The summed E-state index contributed by atoms with van der Waals surface area (Å²) in [7, 11) is 3.43. The Morgan fingerprint density at radius 3 is 2.62 bits per heavy atom. The van der Waals surface area contributed by atoms with Gasteiger partial charge in [-0.3, -0.25) is 4.90 Å². The number of ether oxygens (including phenoxy) is 2. The minimum absolute atomic E-state index is 0.397. The third-order valence-electron chi connectivity index (χ3n) is 5.32. The van der Waals surface area contributed by atoms with Crippen LogP contribution in [0.1, 0.15) is 41.5 Å². The van der Waals surface area contributed by atoms with E-state index in [1.807, 2.05) is 31.3 Å². The van der Waals surface area contributed by atoms with Gasteiger partial charge in [0.05, 0.1) is 25.5 Å². The molecule has 0 amide bonds. The molecule has 2 bridgehead atoms. The summed E-state index contributed by atoms with van der Waals surface area (Å²) < 4.78 is 11.1. The standard InChI is InChI=1S/C19H23N3O2/c1-12-20-10-14-16(21-12)9-13-7-8-17(14)22(13)11-15-18(23-2)5-4-6-19(15)24-3/h4-6,10,13,17H,7-9,11H2,1-3H3/t13-,17+/m1/s1. The number of hydrogen-bond acceptors (Lipinski definition) is 5. The lowest BCUT2D eigenvalue weighted by Gasteiger charge is -2.36. The molecule has 0 N–H and O–H groups in total. The number of aromatic nitrogens is 2. The fourth-order valence-corrected chi connectivity index (χ4v) is 4.19. The summed E-state index contributed by atoms with van der Waals surface area (Å²) in [6, 6.07) is 6.91. The van der Waals surface area contributed by atoms with Crippen molar-refractivity contribution in [3.63, 3.8) is 0 Å². The van der Waals surface area contributed by atoms with Crippen molar-refractivity contribution in [2.24, 2.45) is 0 Å². The molecule has 5 nitrogen and oxygen atoms in total. The molecule has 1 fully saturated rings. The number of aryl methyl sites for hydroxylation is 1. The molecule has 126 valence electrons. The number of fused-ring (bicyclic) bond motifs is 4. The Labute approximate surface area is 142 Å². The molecule has 0 spiro atoms. The van der Waals surface area contributed by atoms with Gasteiger partial charge in [0, 0.05) is 36.8 Å². The van der Waals surface area contributed by atoms with Gasteiger partial charge in [-0.25, -0.2) is 9.97 Å². The Balaban J connectivity index is 1.69. The molecule has 24 heavy (non-hydrogen) atoms. The molecule has 1 aromatic carbocycles. The van der Waals surface area contributed by atoms with Crippen molar-refractivity contribution in [1.29, 1.82) is 0 Å². The lowest BCUT2D eigenvalue weighted by molar-refractivity contribution is 0.162. The molecule has 1 saturated heterocycles. The Kier molecular flexibility index (Phi) is 3.88. The van der Waals surface area contributed by atoms with E-state index in [-0.39, 0.29) is 0 Å². The normalized spacial score (nSPS) is 22.3. The van der Waals surface area contributed by atoms with Crippen molar-refractivity contribution in [3.05, 3.63) is 47.0 Å². The second kappa shape index (κ2) is 6.06. The van der Waals surface area contributed by atoms with E-state index >= 15 is 0 Å². The molecule has 2 aliphatic heterocycles. The van der Waals surface area contributed by atoms with Crippen LogP contribution in [0.4, 0.5) is 0 Å². The van der Waals surface area contributed by atoms with Gasteiger partial charge in [-0.15, -0.1) is 0 Å². The summed E-state index contributed by atoms with van der Waals surface area (Å²) in [5.74, 6) is 2.65. The van der Waals surface area contributed by atoms with Crippen molar-refractivity contribution in [3.8, 4) is 11.5 Å². The van der Waals surface area contributed by atoms with Crippen LogP contribution < -0.4 is 9.47 Å². The Hall–Kier alpha value is -2.14. The predicted molar refractivity (Wildman–Crippen MR) is 91.3 cm³/mol. The first-order chi connectivity index (χ1) is 11.7. The van der Waals surface area contributed by atoms with E-state index in [1.165, 1.54) is 24.1 Å². The van der Waals surface area contributed by atoms with Gasteiger partial charge in [-0.2, -0.15) is 0 Å². The molecule has 5 heteroatoms. The average molecular weight is 325 g/mol. The number of methoxy groups -OCH3 is 2. The van der Waals surface area contributed by atoms with Crippen LogP contribution in [0.2, 0.25) is 0 Å². The number of rotatable bonds is 4. The van der Waals surface area contributed by atoms with Gasteiger partial charge >= 0.3 is 0 Å². The molecule has 1 aromatic heterocycles. The van der Waals surface area contributed by atoms with Crippen molar-refractivity contribution in [2.75, 3.05) is 14.2 Å². The first-order valence-corrected chi connectivity index (χ1v) is 8.49. The second-order valence-electron chi connectivity index (χ2n) is 6.58.